The lowest BCUT2D eigenvalue weighted by molar-refractivity contribution is -0.115. The van der Waals surface area contributed by atoms with Gasteiger partial charge in [0.2, 0.25) is 11.8 Å². The molecule has 0 saturated heterocycles. The number of ketones is 1. The van der Waals surface area contributed by atoms with Gasteiger partial charge in [-0.05, 0) is 73.1 Å². The Balaban J connectivity index is 0.000000231. The van der Waals surface area contributed by atoms with E-state index >= 15 is 0 Å². The van der Waals surface area contributed by atoms with E-state index in [1.54, 1.807) is 6.07 Å². The van der Waals surface area contributed by atoms with Gasteiger partial charge in [0, 0.05) is 137 Å². The Kier molecular flexibility index (Phi) is 15.7. The van der Waals surface area contributed by atoms with Gasteiger partial charge in [-0.3, -0.25) is 14.4 Å². The van der Waals surface area contributed by atoms with Crippen molar-refractivity contribution >= 4 is 129 Å². The minimum atomic E-state index is -0.760. The lowest BCUT2D eigenvalue weighted by Gasteiger charge is -2.34. The van der Waals surface area contributed by atoms with Crippen molar-refractivity contribution in [2.75, 3.05) is 10.6 Å². The van der Waals surface area contributed by atoms with Crippen LogP contribution in [0, 0.1) is 0 Å². The lowest BCUT2D eigenvalue weighted by Crippen LogP contribution is -2.72. The first-order valence-electron chi connectivity index (χ1n) is 14.7. The van der Waals surface area contributed by atoms with Crippen molar-refractivity contribution in [3.8, 4) is 0 Å². The maximum Gasteiger partial charge on any atom is 0.221 e. The quantitative estimate of drug-likeness (QED) is 0.374. The van der Waals surface area contributed by atoms with Crippen molar-refractivity contribution in [2.24, 2.45) is 0 Å². The first-order valence-corrected chi connectivity index (χ1v) is 14.7. The molecule has 6 nitrogen and oxygen atoms in total. The van der Waals surface area contributed by atoms with Crippen LogP contribution in [-0.4, -0.2) is 123 Å². The number of amides is 2. The number of hydrogen-bond donors (Lipinski definition) is 3. The van der Waals surface area contributed by atoms with Crippen LogP contribution in [0.15, 0.2) is 36.4 Å². The van der Waals surface area contributed by atoms with Crippen LogP contribution in [0.3, 0.4) is 0 Å². The molecule has 44 heavy (non-hydrogen) atoms. The SMILES string of the molecule is CC(=O)Nc1ccc2c(c1)C(=O)CCC2.CC(=O)Nc1ccc2c(c1)C(O)CCC2.[B]B([B])B(B([B])[B])B(B([B])[B])B([B])[B]. The number of nitrogens with one attached hydrogen (secondary N) is 2. The van der Waals surface area contributed by atoms with Crippen LogP contribution in [-0.2, 0) is 22.4 Å². The van der Waals surface area contributed by atoms with Gasteiger partial charge >= 0.3 is 0 Å². The smallest absolute Gasteiger partial charge is 0.221 e. The van der Waals surface area contributed by atoms with Gasteiger partial charge in [-0.1, -0.05) is 12.1 Å². The van der Waals surface area contributed by atoms with E-state index in [1.165, 1.54) is 19.4 Å². The second kappa shape index (κ2) is 18.2. The van der Waals surface area contributed by atoms with Gasteiger partial charge in [0.25, 0.3) is 0 Å². The Morgan fingerprint density at radius 3 is 1.64 bits per heavy atom. The van der Waals surface area contributed by atoms with Crippen molar-refractivity contribution < 1.29 is 19.5 Å². The summed E-state index contributed by atoms with van der Waals surface area (Å²) in [5.41, 5.74) is 5.50. The summed E-state index contributed by atoms with van der Waals surface area (Å²) in [7, 11) is 44.1. The molecule has 1 atom stereocenters. The Hall–Kier alpha value is -2.08. The second-order valence-corrected chi connectivity index (χ2v) is 11.3. The van der Waals surface area contributed by atoms with Crippen LogP contribution in [0.25, 0.3) is 0 Å². The average Bonchev–Trinajstić information content (AvgIpc) is 2.92. The zero-order chi connectivity index (χ0) is 33.1. The van der Waals surface area contributed by atoms with Crippen molar-refractivity contribution in [1.82, 2.24) is 0 Å². The van der Waals surface area contributed by atoms with Crippen LogP contribution in [0.1, 0.15) is 72.7 Å². The van der Waals surface area contributed by atoms with E-state index < -0.39 is 38.3 Å². The van der Waals surface area contributed by atoms with Gasteiger partial charge in [-0.25, -0.2) is 0 Å². The average molecular weight is 560 g/mol. The Labute approximate surface area is 275 Å². The van der Waals surface area contributed by atoms with Crippen LogP contribution in [0.2, 0.25) is 0 Å². The molecule has 3 N–H and O–H groups in total. The van der Waals surface area contributed by atoms with Crippen LogP contribution < -0.4 is 10.6 Å². The summed E-state index contributed by atoms with van der Waals surface area (Å²) in [4.78, 5) is 33.4. The van der Waals surface area contributed by atoms with E-state index in [1.807, 2.05) is 30.3 Å². The number of aliphatic hydroxyl groups is 1. The molecule has 0 saturated carbocycles. The van der Waals surface area contributed by atoms with Gasteiger partial charge in [0.05, 0.1) is 6.10 Å². The highest BCUT2D eigenvalue weighted by Gasteiger charge is 2.35. The summed E-state index contributed by atoms with van der Waals surface area (Å²) >= 11 is 0. The lowest BCUT2D eigenvalue weighted by atomic mass is 8.47. The molecule has 2 aliphatic rings. The predicted molar refractivity (Wildman–Crippen MR) is 197 cm³/mol. The van der Waals surface area contributed by atoms with Gasteiger partial charge in [-0.2, -0.15) is 0 Å². The van der Waals surface area contributed by atoms with E-state index in [2.05, 4.69) is 10.6 Å². The minimum Gasteiger partial charge on any atom is -0.388 e. The molecule has 16 radical (unpaired) electrons. The number of Topliss-reactive ketones (excluding diaryl/α,β-unsaturated/α-hetero) is 1. The molecule has 0 spiro atoms. The van der Waals surface area contributed by atoms with Crippen molar-refractivity contribution in [3.63, 3.8) is 0 Å². The van der Waals surface area contributed by atoms with E-state index in [9.17, 15) is 19.5 Å². The van der Waals surface area contributed by atoms with Crippen LogP contribution in [0.5, 0.6) is 0 Å². The molecular formula is C24H28B14N2O4. The van der Waals surface area contributed by atoms with Gasteiger partial charge in [0.15, 0.2) is 5.78 Å². The van der Waals surface area contributed by atoms with Gasteiger partial charge in [-0.15, -0.1) is 0 Å². The van der Waals surface area contributed by atoms with E-state index in [0.717, 1.165) is 54.5 Å². The normalized spacial score (nSPS) is 14.4. The number of carbonyl (C=O) groups is 3. The van der Waals surface area contributed by atoms with Gasteiger partial charge < -0.3 is 15.7 Å². The topological polar surface area (TPSA) is 95.5 Å². The fraction of sp³-hybridized carbons (Fsp3) is 0.375. The zero-order valence-electron chi connectivity index (χ0n) is 25.5. The maximum absolute atomic E-state index is 11.6. The number of hydrogen-bond acceptors (Lipinski definition) is 4. The Morgan fingerprint density at radius 1 is 0.705 bits per heavy atom. The fourth-order valence-corrected chi connectivity index (χ4v) is 5.50. The van der Waals surface area contributed by atoms with Crippen molar-refractivity contribution in [1.29, 1.82) is 0 Å². The maximum atomic E-state index is 11.6. The zero-order valence-corrected chi connectivity index (χ0v) is 25.5. The van der Waals surface area contributed by atoms with Crippen molar-refractivity contribution in [3.05, 3.63) is 58.7 Å². The Bertz CT molecular complexity index is 1250. The third kappa shape index (κ3) is 11.7. The summed E-state index contributed by atoms with van der Waals surface area (Å²) in [5, 5.41) is 15.2. The molecule has 0 bridgehead atoms. The predicted octanol–water partition coefficient (Wildman–Crippen LogP) is -1.15. The largest absolute Gasteiger partial charge is 0.388 e. The summed E-state index contributed by atoms with van der Waals surface area (Å²) < 4.78 is 0. The van der Waals surface area contributed by atoms with E-state index in [-0.39, 0.29) is 23.7 Å². The molecule has 0 aliphatic heterocycles. The number of aryl methyl sites for hydroxylation is 2. The molecule has 0 fully saturated rings. The number of aliphatic hydroxyl groups excluding tert-OH is 1. The molecule has 2 aromatic rings. The van der Waals surface area contributed by atoms with Crippen molar-refractivity contribution in [2.45, 2.75) is 58.5 Å². The highest BCUT2D eigenvalue weighted by atomic mass is 16.3. The third-order valence-electron chi connectivity index (χ3n) is 7.55. The summed E-state index contributed by atoms with van der Waals surface area (Å²) in [6, 6.07) is 11.3. The van der Waals surface area contributed by atoms with E-state index in [0.29, 0.717) is 12.1 Å². The van der Waals surface area contributed by atoms with E-state index in [4.69, 9.17) is 61.9 Å². The molecule has 2 amide bonds. The number of benzene rings is 2. The molecule has 20 heteroatoms. The number of fused-ring (bicyclic) bond motifs is 2. The van der Waals surface area contributed by atoms with Gasteiger partial charge in [0.1, 0.15) is 0 Å². The number of rotatable bonds is 7. The fourth-order valence-electron chi connectivity index (χ4n) is 5.50. The van der Waals surface area contributed by atoms with Crippen LogP contribution in [0.4, 0.5) is 11.4 Å². The molecular weight excluding hydrogens is 532 g/mol. The van der Waals surface area contributed by atoms with Crippen LogP contribution >= 0.6 is 0 Å². The molecule has 0 heterocycles. The molecule has 4 rings (SSSR count). The molecule has 2 aliphatic carbocycles. The summed E-state index contributed by atoms with van der Waals surface area (Å²) in [6.45, 7) is 2.94. The second-order valence-electron chi connectivity index (χ2n) is 11.3. The molecule has 1 unspecified atom stereocenters. The highest BCUT2D eigenvalue weighted by Crippen LogP contribution is 2.31. The monoisotopic (exact) mass is 562 g/mol. The molecule has 2 aromatic carbocycles. The minimum absolute atomic E-state index is 0.0831. The first kappa shape index (κ1) is 38.1. The highest BCUT2D eigenvalue weighted by molar-refractivity contribution is 8.10. The standard InChI is InChI=1S/C12H15NO2.C12H13NO2.B14/c2*1-8(14)13-10-6-5-9-3-2-4-12(15)11(9)7-10;1-9(2)13(10(3)4)14(11(5)6)12(7)8/h5-7,12,15H,2-4H2,1H3,(H,13,14);5-7H,2-4H2,1H3,(H,13,14);. The molecule has 200 valence electrons. The molecule has 0 aromatic heterocycles. The number of anilines is 2. The summed E-state index contributed by atoms with van der Waals surface area (Å²) in [5.74, 6) is -0.0121. The summed E-state index contributed by atoms with van der Waals surface area (Å²) in [6.07, 6.45) is 0.939. The third-order valence-corrected chi connectivity index (χ3v) is 7.55. The number of carbonyl (C=O) groups excluding carboxylic acids is 3. The first-order chi connectivity index (χ1) is 20.6. The Morgan fingerprint density at radius 2 is 1.16 bits per heavy atom.